The molecule has 0 bridgehead atoms. The summed E-state index contributed by atoms with van der Waals surface area (Å²) in [6, 6.07) is 7.30. The zero-order chi connectivity index (χ0) is 15.4. The van der Waals surface area contributed by atoms with Crippen LogP contribution in [0.3, 0.4) is 0 Å². The fraction of sp³-hybridized carbons (Fsp3) is 0.467. The van der Waals surface area contributed by atoms with Crippen LogP contribution in [-0.2, 0) is 14.3 Å². The van der Waals surface area contributed by atoms with Crippen LogP contribution in [0.2, 0.25) is 0 Å². The molecule has 0 spiro atoms. The summed E-state index contributed by atoms with van der Waals surface area (Å²) in [4.78, 5) is 25.0. The first-order valence-corrected chi connectivity index (χ1v) is 6.80. The molecule has 1 aliphatic heterocycles. The summed E-state index contributed by atoms with van der Waals surface area (Å²) in [5.74, 6) is -0.724. The number of methoxy groups -OCH3 is 1. The smallest absolute Gasteiger partial charge is 0.334 e. The largest absolute Gasteiger partial charge is 0.497 e. The van der Waals surface area contributed by atoms with Crippen LogP contribution in [-0.4, -0.2) is 54.8 Å². The molecular formula is C15H19NO5. The summed E-state index contributed by atoms with van der Waals surface area (Å²) in [5.41, 5.74) is 0.874. The number of benzene rings is 1. The quantitative estimate of drug-likeness (QED) is 0.900. The summed E-state index contributed by atoms with van der Waals surface area (Å²) < 4.78 is 10.2. The van der Waals surface area contributed by atoms with Crippen LogP contribution in [0.5, 0.6) is 5.75 Å². The highest BCUT2D eigenvalue weighted by atomic mass is 16.5. The number of carbonyl (C=O) groups is 2. The molecule has 0 saturated carbocycles. The number of carbonyl (C=O) groups excluding carboxylic acids is 1. The minimum atomic E-state index is -1.04. The maximum atomic E-state index is 12.5. The van der Waals surface area contributed by atoms with Gasteiger partial charge in [-0.1, -0.05) is 12.1 Å². The number of amides is 1. The molecule has 1 aromatic carbocycles. The molecule has 1 fully saturated rings. The lowest BCUT2D eigenvalue weighted by Crippen LogP contribution is -2.49. The molecule has 0 aromatic heterocycles. The Balaban J connectivity index is 2.05. The van der Waals surface area contributed by atoms with Crippen LogP contribution >= 0.6 is 0 Å². The molecule has 2 rings (SSSR count). The van der Waals surface area contributed by atoms with Crippen LogP contribution in [0.15, 0.2) is 24.3 Å². The van der Waals surface area contributed by atoms with E-state index >= 15 is 0 Å². The average Bonchev–Trinajstić information content (AvgIpc) is 2.53. The Labute approximate surface area is 123 Å². The first-order chi connectivity index (χ1) is 10.0. The van der Waals surface area contributed by atoms with Crippen molar-refractivity contribution in [1.29, 1.82) is 0 Å². The van der Waals surface area contributed by atoms with Crippen molar-refractivity contribution in [1.82, 2.24) is 4.90 Å². The Hall–Kier alpha value is -2.08. The summed E-state index contributed by atoms with van der Waals surface area (Å²) in [5, 5.41) is 8.97. The standard InChI is InChI=1S/C15H19NO5/c1-10(11-3-5-12(20-2)6-4-11)14(17)16-7-8-21-13(9-16)15(18)19/h3-6,10,13H,7-9H2,1-2H3,(H,18,19). The van der Waals surface area contributed by atoms with Crippen molar-refractivity contribution < 1.29 is 24.2 Å². The predicted octanol–water partition coefficient (Wildman–Crippen LogP) is 1.11. The van der Waals surface area contributed by atoms with Gasteiger partial charge in [-0.3, -0.25) is 4.79 Å². The van der Waals surface area contributed by atoms with E-state index in [1.165, 1.54) is 0 Å². The van der Waals surface area contributed by atoms with Gasteiger partial charge in [0.05, 0.1) is 26.2 Å². The molecule has 1 aliphatic rings. The second-order valence-corrected chi connectivity index (χ2v) is 4.98. The number of morpholine rings is 1. The minimum absolute atomic E-state index is 0.0882. The number of carboxylic acids is 1. The van der Waals surface area contributed by atoms with Crippen molar-refractivity contribution in [3.8, 4) is 5.75 Å². The number of hydrogen-bond acceptors (Lipinski definition) is 4. The van der Waals surface area contributed by atoms with Gasteiger partial charge in [0.1, 0.15) is 5.75 Å². The Kier molecular flexibility index (Phi) is 4.80. The van der Waals surface area contributed by atoms with Gasteiger partial charge in [0.2, 0.25) is 5.91 Å². The van der Waals surface area contributed by atoms with Crippen molar-refractivity contribution in [2.75, 3.05) is 26.8 Å². The molecule has 1 aromatic rings. The molecule has 2 atom stereocenters. The van der Waals surface area contributed by atoms with Gasteiger partial charge in [0.25, 0.3) is 0 Å². The Bertz CT molecular complexity index is 513. The summed E-state index contributed by atoms with van der Waals surface area (Å²) in [6.45, 7) is 2.57. The highest BCUT2D eigenvalue weighted by Crippen LogP contribution is 2.22. The van der Waals surface area contributed by atoms with Gasteiger partial charge >= 0.3 is 5.97 Å². The van der Waals surface area contributed by atoms with E-state index in [4.69, 9.17) is 14.6 Å². The zero-order valence-electron chi connectivity index (χ0n) is 12.1. The zero-order valence-corrected chi connectivity index (χ0v) is 12.1. The first kappa shape index (κ1) is 15.3. The second-order valence-electron chi connectivity index (χ2n) is 4.98. The monoisotopic (exact) mass is 293 g/mol. The maximum Gasteiger partial charge on any atom is 0.334 e. The fourth-order valence-corrected chi connectivity index (χ4v) is 2.31. The molecule has 0 radical (unpaired) electrons. The molecule has 2 unspecified atom stereocenters. The van der Waals surface area contributed by atoms with Crippen LogP contribution < -0.4 is 4.74 Å². The highest BCUT2D eigenvalue weighted by molar-refractivity contribution is 5.84. The van der Waals surface area contributed by atoms with E-state index in [0.717, 1.165) is 11.3 Å². The Morgan fingerprint density at radius 2 is 2.05 bits per heavy atom. The van der Waals surface area contributed by atoms with Gasteiger partial charge in [-0.2, -0.15) is 0 Å². The topological polar surface area (TPSA) is 76.1 Å². The number of rotatable bonds is 4. The Morgan fingerprint density at radius 1 is 1.38 bits per heavy atom. The second kappa shape index (κ2) is 6.58. The van der Waals surface area contributed by atoms with E-state index < -0.39 is 12.1 Å². The number of hydrogen-bond donors (Lipinski definition) is 1. The molecule has 6 heteroatoms. The third-order valence-electron chi connectivity index (χ3n) is 3.64. The Morgan fingerprint density at radius 3 is 2.62 bits per heavy atom. The lowest BCUT2D eigenvalue weighted by Gasteiger charge is -2.32. The predicted molar refractivity (Wildman–Crippen MR) is 75.4 cm³/mol. The van der Waals surface area contributed by atoms with Crippen molar-refractivity contribution >= 4 is 11.9 Å². The van der Waals surface area contributed by atoms with Crippen molar-refractivity contribution in [2.45, 2.75) is 18.9 Å². The lowest BCUT2D eigenvalue weighted by molar-refractivity contribution is -0.159. The third kappa shape index (κ3) is 3.52. The van der Waals surface area contributed by atoms with Gasteiger partial charge in [0, 0.05) is 6.54 Å². The highest BCUT2D eigenvalue weighted by Gasteiger charge is 2.31. The molecule has 1 heterocycles. The summed E-state index contributed by atoms with van der Waals surface area (Å²) in [7, 11) is 1.59. The van der Waals surface area contributed by atoms with Gasteiger partial charge < -0.3 is 19.5 Å². The van der Waals surface area contributed by atoms with Crippen molar-refractivity contribution in [2.24, 2.45) is 0 Å². The summed E-state index contributed by atoms with van der Waals surface area (Å²) >= 11 is 0. The van der Waals surface area contributed by atoms with E-state index in [9.17, 15) is 9.59 Å². The normalized spacial score (nSPS) is 19.9. The van der Waals surface area contributed by atoms with Gasteiger partial charge in [-0.05, 0) is 24.6 Å². The third-order valence-corrected chi connectivity index (χ3v) is 3.64. The van der Waals surface area contributed by atoms with Crippen molar-refractivity contribution in [3.63, 3.8) is 0 Å². The SMILES string of the molecule is COc1ccc(C(C)C(=O)N2CCOC(C(=O)O)C2)cc1. The molecule has 0 aliphatic carbocycles. The molecular weight excluding hydrogens is 274 g/mol. The number of ether oxygens (including phenoxy) is 2. The first-order valence-electron chi connectivity index (χ1n) is 6.80. The summed E-state index contributed by atoms with van der Waals surface area (Å²) in [6.07, 6.45) is -0.939. The molecule has 114 valence electrons. The fourth-order valence-electron chi connectivity index (χ4n) is 2.31. The maximum absolute atomic E-state index is 12.5. The van der Waals surface area contributed by atoms with Crippen LogP contribution in [0, 0.1) is 0 Å². The number of carboxylic acid groups (broad SMARTS) is 1. The van der Waals surface area contributed by atoms with Crippen molar-refractivity contribution in [3.05, 3.63) is 29.8 Å². The van der Waals surface area contributed by atoms with E-state index in [0.29, 0.717) is 6.54 Å². The van der Waals surface area contributed by atoms with Crippen LogP contribution in [0.25, 0.3) is 0 Å². The lowest BCUT2D eigenvalue weighted by atomic mass is 9.99. The molecule has 21 heavy (non-hydrogen) atoms. The molecule has 1 amide bonds. The van der Waals surface area contributed by atoms with E-state index in [1.54, 1.807) is 24.1 Å². The number of aliphatic carboxylic acids is 1. The van der Waals surface area contributed by atoms with Gasteiger partial charge in [0.15, 0.2) is 6.10 Å². The van der Waals surface area contributed by atoms with E-state index in [1.807, 2.05) is 19.1 Å². The molecule has 1 saturated heterocycles. The average molecular weight is 293 g/mol. The number of nitrogens with zero attached hydrogens (tertiary/aromatic N) is 1. The van der Waals surface area contributed by atoms with Crippen LogP contribution in [0.1, 0.15) is 18.4 Å². The minimum Gasteiger partial charge on any atom is -0.497 e. The molecule has 1 N–H and O–H groups in total. The van der Waals surface area contributed by atoms with Gasteiger partial charge in [-0.15, -0.1) is 0 Å². The van der Waals surface area contributed by atoms with Crippen LogP contribution in [0.4, 0.5) is 0 Å². The molecule has 6 nitrogen and oxygen atoms in total. The van der Waals surface area contributed by atoms with E-state index in [2.05, 4.69) is 0 Å². The van der Waals surface area contributed by atoms with Gasteiger partial charge in [-0.25, -0.2) is 4.79 Å². The van der Waals surface area contributed by atoms with E-state index in [-0.39, 0.29) is 25.0 Å².